The van der Waals surface area contributed by atoms with Gasteiger partial charge in [-0.05, 0) is 25.2 Å². The van der Waals surface area contributed by atoms with Crippen LogP contribution in [0.15, 0.2) is 0 Å². The van der Waals surface area contributed by atoms with Gasteiger partial charge >= 0.3 is 12.0 Å². The molecule has 0 aromatic rings. The minimum atomic E-state index is -1.12. The number of aliphatic carboxylic acids is 1. The van der Waals surface area contributed by atoms with Crippen molar-refractivity contribution in [2.45, 2.75) is 25.3 Å². The lowest BCUT2D eigenvalue weighted by atomic mass is 10.3. The van der Waals surface area contributed by atoms with Crippen LogP contribution in [0.1, 0.15) is 19.3 Å². The molecule has 1 aliphatic rings. The predicted octanol–water partition coefficient (Wildman–Crippen LogP) is 0.202. The summed E-state index contributed by atoms with van der Waals surface area (Å²) in [7, 11) is 1.38. The highest BCUT2D eigenvalue weighted by Crippen LogP contribution is 2.28. The first kappa shape index (κ1) is 15.7. The van der Waals surface area contributed by atoms with Crippen molar-refractivity contribution < 1.29 is 24.2 Å². The van der Waals surface area contributed by atoms with E-state index in [9.17, 15) is 9.59 Å². The topological polar surface area (TPSA) is 96.9 Å². The maximum atomic E-state index is 11.4. The molecule has 1 saturated carbocycles. The number of carbonyl (C=O) groups is 2. The number of nitrogens with one attached hydrogen (secondary N) is 2. The quantitative estimate of drug-likeness (QED) is 0.495. The first-order valence-corrected chi connectivity index (χ1v) is 6.47. The summed E-state index contributed by atoms with van der Waals surface area (Å²) in [5, 5.41) is 13.7. The summed E-state index contributed by atoms with van der Waals surface area (Å²) in [4.78, 5) is 22.2. The molecule has 1 atom stereocenters. The van der Waals surface area contributed by atoms with Gasteiger partial charge in [-0.2, -0.15) is 0 Å². The van der Waals surface area contributed by atoms with Crippen LogP contribution < -0.4 is 10.6 Å². The fourth-order valence-corrected chi connectivity index (χ4v) is 1.46. The third kappa shape index (κ3) is 7.63. The van der Waals surface area contributed by atoms with Gasteiger partial charge in [0.25, 0.3) is 0 Å². The molecule has 2 amide bonds. The first-order valence-electron chi connectivity index (χ1n) is 6.47. The van der Waals surface area contributed by atoms with Gasteiger partial charge in [-0.1, -0.05) is 0 Å². The Bertz CT molecular complexity index is 294. The van der Waals surface area contributed by atoms with Gasteiger partial charge < -0.3 is 25.2 Å². The highest BCUT2D eigenvalue weighted by molar-refractivity contribution is 5.82. The highest BCUT2D eigenvalue weighted by Gasteiger charge is 2.21. The molecule has 0 heterocycles. The summed E-state index contributed by atoms with van der Waals surface area (Å²) in [5.74, 6) is -0.383. The number of carboxylic acids is 1. The molecule has 110 valence electrons. The van der Waals surface area contributed by atoms with Crippen molar-refractivity contribution in [2.24, 2.45) is 5.92 Å². The Morgan fingerprint density at radius 2 is 2.16 bits per heavy atom. The summed E-state index contributed by atoms with van der Waals surface area (Å²) in [6.07, 6.45) is 3.23. The van der Waals surface area contributed by atoms with E-state index in [1.807, 2.05) is 0 Å². The largest absolute Gasteiger partial charge is 0.480 e. The molecular weight excluding hydrogens is 252 g/mol. The van der Waals surface area contributed by atoms with Crippen molar-refractivity contribution in [3.05, 3.63) is 0 Å². The van der Waals surface area contributed by atoms with E-state index in [-0.39, 0.29) is 6.61 Å². The molecule has 1 unspecified atom stereocenters. The molecule has 0 aliphatic heterocycles. The van der Waals surface area contributed by atoms with E-state index in [2.05, 4.69) is 10.6 Å². The van der Waals surface area contributed by atoms with Crippen LogP contribution >= 0.6 is 0 Å². The standard InChI is InChI=1S/C12H22N2O5/c1-18-8-10(11(15)16)14-12(17)13-5-2-6-19-7-9-3-4-9/h9-10H,2-8H2,1H3,(H,15,16)(H2,13,14,17). The zero-order valence-corrected chi connectivity index (χ0v) is 11.2. The monoisotopic (exact) mass is 274 g/mol. The number of amides is 2. The fraction of sp³-hybridized carbons (Fsp3) is 0.833. The van der Waals surface area contributed by atoms with Crippen LogP contribution in [0.25, 0.3) is 0 Å². The Morgan fingerprint density at radius 1 is 1.42 bits per heavy atom. The number of carbonyl (C=O) groups excluding carboxylic acids is 1. The van der Waals surface area contributed by atoms with Crippen molar-refractivity contribution in [2.75, 3.05) is 33.5 Å². The molecule has 0 aromatic carbocycles. The van der Waals surface area contributed by atoms with Gasteiger partial charge in [0.2, 0.25) is 0 Å². The molecule has 0 aromatic heterocycles. The molecule has 0 spiro atoms. The molecule has 0 bridgehead atoms. The molecule has 1 rings (SSSR count). The van der Waals surface area contributed by atoms with Gasteiger partial charge in [-0.15, -0.1) is 0 Å². The maximum absolute atomic E-state index is 11.4. The molecule has 19 heavy (non-hydrogen) atoms. The number of hydrogen-bond acceptors (Lipinski definition) is 4. The van der Waals surface area contributed by atoms with Crippen molar-refractivity contribution in [3.8, 4) is 0 Å². The predicted molar refractivity (Wildman–Crippen MR) is 68.0 cm³/mol. The number of methoxy groups -OCH3 is 1. The second-order valence-corrected chi connectivity index (χ2v) is 4.62. The van der Waals surface area contributed by atoms with Crippen LogP contribution in [0.5, 0.6) is 0 Å². The van der Waals surface area contributed by atoms with Crippen molar-refractivity contribution >= 4 is 12.0 Å². The van der Waals surface area contributed by atoms with Crippen molar-refractivity contribution in [1.82, 2.24) is 10.6 Å². The lowest BCUT2D eigenvalue weighted by Crippen LogP contribution is -2.48. The molecule has 0 radical (unpaired) electrons. The highest BCUT2D eigenvalue weighted by atomic mass is 16.5. The van der Waals surface area contributed by atoms with Crippen LogP contribution in [0, 0.1) is 5.92 Å². The lowest BCUT2D eigenvalue weighted by molar-refractivity contribution is -0.140. The normalized spacial score (nSPS) is 15.8. The van der Waals surface area contributed by atoms with Gasteiger partial charge in [0.15, 0.2) is 6.04 Å². The molecule has 3 N–H and O–H groups in total. The van der Waals surface area contributed by atoms with Gasteiger partial charge in [0.05, 0.1) is 6.61 Å². The number of hydrogen-bond donors (Lipinski definition) is 3. The third-order valence-electron chi connectivity index (χ3n) is 2.74. The van der Waals surface area contributed by atoms with Crippen LogP contribution in [0.3, 0.4) is 0 Å². The number of ether oxygens (including phenoxy) is 2. The molecular formula is C12H22N2O5. The van der Waals surface area contributed by atoms with E-state index in [1.54, 1.807) is 0 Å². The summed E-state index contributed by atoms with van der Waals surface area (Å²) < 4.78 is 10.1. The summed E-state index contributed by atoms with van der Waals surface area (Å²) >= 11 is 0. The van der Waals surface area contributed by atoms with E-state index in [1.165, 1.54) is 20.0 Å². The Balaban J connectivity index is 2.00. The third-order valence-corrected chi connectivity index (χ3v) is 2.74. The zero-order valence-electron chi connectivity index (χ0n) is 11.2. The molecule has 1 fully saturated rings. The Morgan fingerprint density at radius 3 is 2.74 bits per heavy atom. The molecule has 7 heteroatoms. The molecule has 1 aliphatic carbocycles. The van der Waals surface area contributed by atoms with Crippen molar-refractivity contribution in [1.29, 1.82) is 0 Å². The minimum Gasteiger partial charge on any atom is -0.480 e. The van der Waals surface area contributed by atoms with E-state index in [0.717, 1.165) is 12.5 Å². The van der Waals surface area contributed by atoms with Crippen LogP contribution in [-0.2, 0) is 14.3 Å². The smallest absolute Gasteiger partial charge is 0.328 e. The Kier molecular flexibility index (Phi) is 7.20. The number of carboxylic acid groups (broad SMARTS) is 1. The maximum Gasteiger partial charge on any atom is 0.328 e. The van der Waals surface area contributed by atoms with Crippen LogP contribution in [-0.4, -0.2) is 56.6 Å². The van der Waals surface area contributed by atoms with Gasteiger partial charge in [0.1, 0.15) is 0 Å². The summed E-state index contributed by atoms with van der Waals surface area (Å²) in [5.41, 5.74) is 0. The zero-order chi connectivity index (χ0) is 14.1. The Labute approximate surface area is 112 Å². The van der Waals surface area contributed by atoms with Gasteiger partial charge in [0, 0.05) is 26.9 Å². The average molecular weight is 274 g/mol. The molecule has 7 nitrogen and oxygen atoms in total. The SMILES string of the molecule is COCC(NC(=O)NCCCOCC1CC1)C(=O)O. The second kappa shape index (κ2) is 8.71. The summed E-state index contributed by atoms with van der Waals surface area (Å²) in [6.45, 7) is 1.81. The first-order chi connectivity index (χ1) is 9.13. The van der Waals surface area contributed by atoms with E-state index >= 15 is 0 Å². The minimum absolute atomic E-state index is 0.0622. The van der Waals surface area contributed by atoms with Crippen LogP contribution in [0.4, 0.5) is 4.79 Å². The van der Waals surface area contributed by atoms with Crippen LogP contribution in [0.2, 0.25) is 0 Å². The molecule has 0 saturated heterocycles. The van der Waals surface area contributed by atoms with Gasteiger partial charge in [-0.25, -0.2) is 9.59 Å². The van der Waals surface area contributed by atoms with Gasteiger partial charge in [-0.3, -0.25) is 0 Å². The number of urea groups is 1. The van der Waals surface area contributed by atoms with E-state index in [0.29, 0.717) is 19.6 Å². The van der Waals surface area contributed by atoms with E-state index in [4.69, 9.17) is 14.6 Å². The summed E-state index contributed by atoms with van der Waals surface area (Å²) in [6, 6.07) is -1.54. The van der Waals surface area contributed by atoms with Crippen molar-refractivity contribution in [3.63, 3.8) is 0 Å². The van der Waals surface area contributed by atoms with E-state index < -0.39 is 18.0 Å². The second-order valence-electron chi connectivity index (χ2n) is 4.62. The lowest BCUT2D eigenvalue weighted by Gasteiger charge is -2.14. The Hall–Kier alpha value is -1.34. The average Bonchev–Trinajstić information content (AvgIpc) is 3.17. The fourth-order valence-electron chi connectivity index (χ4n) is 1.46. The number of rotatable bonds is 10.